The minimum absolute atomic E-state index is 0.177. The number of hydrogen-bond donors (Lipinski definition) is 1. The van der Waals surface area contributed by atoms with E-state index in [2.05, 4.69) is 0 Å². The van der Waals surface area contributed by atoms with E-state index in [1.54, 1.807) is 19.1 Å². The Kier molecular flexibility index (Phi) is 3.64. The fourth-order valence-electron chi connectivity index (χ4n) is 2.09. The van der Waals surface area contributed by atoms with E-state index in [1.807, 2.05) is 6.92 Å². The van der Waals surface area contributed by atoms with Gasteiger partial charge in [-0.05, 0) is 55.9 Å². The molecule has 0 aromatic heterocycles. The van der Waals surface area contributed by atoms with E-state index in [4.69, 9.17) is 9.88 Å². The quantitative estimate of drug-likeness (QED) is 0.910. The molecule has 0 bridgehead atoms. The van der Waals surface area contributed by atoms with Crippen molar-refractivity contribution in [3.8, 4) is 5.75 Å². The van der Waals surface area contributed by atoms with Crippen LogP contribution in [0.2, 0.25) is 0 Å². The SMILES string of the molecule is Cc1cc(S(N)(=O)=O)c(C)cc1OCC1CCC1. The third-order valence-electron chi connectivity index (χ3n) is 3.48. The van der Waals surface area contributed by atoms with Gasteiger partial charge >= 0.3 is 0 Å². The molecule has 0 atom stereocenters. The van der Waals surface area contributed by atoms with Crippen molar-refractivity contribution in [2.45, 2.75) is 38.0 Å². The number of rotatable bonds is 4. The average Bonchev–Trinajstić information content (AvgIpc) is 2.18. The summed E-state index contributed by atoms with van der Waals surface area (Å²) in [4.78, 5) is 0.177. The van der Waals surface area contributed by atoms with Crippen molar-refractivity contribution >= 4 is 10.0 Å². The van der Waals surface area contributed by atoms with Gasteiger partial charge in [0.15, 0.2) is 0 Å². The Morgan fingerprint density at radius 1 is 1.28 bits per heavy atom. The van der Waals surface area contributed by atoms with E-state index in [0.717, 1.165) is 17.9 Å². The highest BCUT2D eigenvalue weighted by atomic mass is 32.2. The molecule has 100 valence electrons. The maximum Gasteiger partial charge on any atom is 0.238 e. The molecule has 1 fully saturated rings. The molecule has 0 saturated heterocycles. The summed E-state index contributed by atoms with van der Waals surface area (Å²) in [6.07, 6.45) is 3.75. The van der Waals surface area contributed by atoms with Crippen LogP contribution in [0.25, 0.3) is 0 Å². The molecular weight excluding hydrogens is 250 g/mol. The zero-order valence-electron chi connectivity index (χ0n) is 10.8. The Bertz CT molecular complexity index is 548. The van der Waals surface area contributed by atoms with Crippen LogP contribution in [0, 0.1) is 19.8 Å². The minimum Gasteiger partial charge on any atom is -0.493 e. The molecule has 1 aromatic rings. The predicted octanol–water partition coefficient (Wildman–Crippen LogP) is 2.13. The summed E-state index contributed by atoms with van der Waals surface area (Å²) in [5.41, 5.74) is 1.44. The van der Waals surface area contributed by atoms with E-state index in [9.17, 15) is 8.42 Å². The number of hydrogen-bond acceptors (Lipinski definition) is 3. The van der Waals surface area contributed by atoms with Gasteiger partial charge in [-0.3, -0.25) is 0 Å². The highest BCUT2D eigenvalue weighted by molar-refractivity contribution is 7.89. The van der Waals surface area contributed by atoms with Gasteiger partial charge in [-0.15, -0.1) is 0 Å². The van der Waals surface area contributed by atoms with E-state index >= 15 is 0 Å². The summed E-state index contributed by atoms with van der Waals surface area (Å²) in [5.74, 6) is 1.41. The minimum atomic E-state index is -3.65. The molecule has 1 aromatic carbocycles. The van der Waals surface area contributed by atoms with Crippen LogP contribution in [0.5, 0.6) is 5.75 Å². The van der Waals surface area contributed by atoms with E-state index in [-0.39, 0.29) is 4.90 Å². The van der Waals surface area contributed by atoms with Crippen molar-refractivity contribution < 1.29 is 13.2 Å². The van der Waals surface area contributed by atoms with Crippen molar-refractivity contribution in [1.82, 2.24) is 0 Å². The summed E-state index contributed by atoms with van der Waals surface area (Å²) in [7, 11) is -3.65. The monoisotopic (exact) mass is 269 g/mol. The fraction of sp³-hybridized carbons (Fsp3) is 0.538. The third kappa shape index (κ3) is 2.84. The molecule has 0 unspecified atom stereocenters. The second-order valence-electron chi connectivity index (χ2n) is 5.04. The van der Waals surface area contributed by atoms with Crippen LogP contribution < -0.4 is 9.88 Å². The van der Waals surface area contributed by atoms with Crippen LogP contribution in [0.3, 0.4) is 0 Å². The lowest BCUT2D eigenvalue weighted by molar-refractivity contribution is 0.179. The van der Waals surface area contributed by atoms with E-state index in [1.165, 1.54) is 19.3 Å². The average molecular weight is 269 g/mol. The second kappa shape index (κ2) is 4.90. The van der Waals surface area contributed by atoms with Crippen LogP contribution in [0.15, 0.2) is 17.0 Å². The van der Waals surface area contributed by atoms with Gasteiger partial charge in [-0.2, -0.15) is 0 Å². The number of benzene rings is 1. The maximum atomic E-state index is 11.4. The van der Waals surface area contributed by atoms with Gasteiger partial charge in [0.05, 0.1) is 11.5 Å². The van der Waals surface area contributed by atoms with Crippen LogP contribution in [0.4, 0.5) is 0 Å². The zero-order valence-corrected chi connectivity index (χ0v) is 11.6. The van der Waals surface area contributed by atoms with Crippen molar-refractivity contribution in [3.63, 3.8) is 0 Å². The van der Waals surface area contributed by atoms with Crippen LogP contribution >= 0.6 is 0 Å². The summed E-state index contributed by atoms with van der Waals surface area (Å²) >= 11 is 0. The molecule has 0 spiro atoms. The van der Waals surface area contributed by atoms with Crippen LogP contribution in [-0.2, 0) is 10.0 Å². The molecule has 0 heterocycles. The highest BCUT2D eigenvalue weighted by Gasteiger charge is 2.19. The number of ether oxygens (including phenoxy) is 1. The number of sulfonamides is 1. The normalized spacial score (nSPS) is 16.4. The Labute approximate surface area is 108 Å². The standard InChI is InChI=1S/C13H19NO3S/c1-9-7-13(18(14,15)16)10(2)6-12(9)17-8-11-4-3-5-11/h6-7,11H,3-5,8H2,1-2H3,(H2,14,15,16). The first-order chi connectivity index (χ1) is 8.38. The van der Waals surface area contributed by atoms with Crippen molar-refractivity contribution in [3.05, 3.63) is 23.3 Å². The van der Waals surface area contributed by atoms with E-state index in [0.29, 0.717) is 11.5 Å². The molecule has 4 nitrogen and oxygen atoms in total. The zero-order chi connectivity index (χ0) is 13.3. The van der Waals surface area contributed by atoms with Gasteiger partial charge in [0.25, 0.3) is 0 Å². The topological polar surface area (TPSA) is 69.4 Å². The molecule has 2 N–H and O–H groups in total. The third-order valence-corrected chi connectivity index (χ3v) is 4.53. The van der Waals surface area contributed by atoms with Gasteiger partial charge < -0.3 is 4.74 Å². The first-order valence-electron chi connectivity index (χ1n) is 6.15. The number of aryl methyl sites for hydroxylation is 2. The molecule has 1 aliphatic rings. The van der Waals surface area contributed by atoms with E-state index < -0.39 is 10.0 Å². The molecule has 1 saturated carbocycles. The van der Waals surface area contributed by atoms with Crippen LogP contribution in [-0.4, -0.2) is 15.0 Å². The smallest absolute Gasteiger partial charge is 0.238 e. The van der Waals surface area contributed by atoms with Crippen molar-refractivity contribution in [2.75, 3.05) is 6.61 Å². The lowest BCUT2D eigenvalue weighted by Crippen LogP contribution is -2.20. The van der Waals surface area contributed by atoms with Crippen molar-refractivity contribution in [2.24, 2.45) is 11.1 Å². The Morgan fingerprint density at radius 3 is 2.44 bits per heavy atom. The van der Waals surface area contributed by atoms with Gasteiger partial charge in [-0.1, -0.05) is 6.42 Å². The molecule has 0 radical (unpaired) electrons. The molecule has 18 heavy (non-hydrogen) atoms. The lowest BCUT2D eigenvalue weighted by atomic mass is 9.86. The largest absolute Gasteiger partial charge is 0.493 e. The van der Waals surface area contributed by atoms with Gasteiger partial charge in [0, 0.05) is 0 Å². The fourth-order valence-corrected chi connectivity index (χ4v) is 2.94. The summed E-state index contributed by atoms with van der Waals surface area (Å²) < 4.78 is 28.5. The Morgan fingerprint density at radius 2 is 1.94 bits per heavy atom. The van der Waals surface area contributed by atoms with Gasteiger partial charge in [0.1, 0.15) is 5.75 Å². The predicted molar refractivity (Wildman–Crippen MR) is 70.1 cm³/mol. The summed E-state index contributed by atoms with van der Waals surface area (Å²) in [6.45, 7) is 4.29. The van der Waals surface area contributed by atoms with Crippen LogP contribution in [0.1, 0.15) is 30.4 Å². The Balaban J connectivity index is 2.19. The molecule has 2 rings (SSSR count). The highest BCUT2D eigenvalue weighted by Crippen LogP contribution is 2.29. The summed E-state index contributed by atoms with van der Waals surface area (Å²) in [6, 6.07) is 3.34. The second-order valence-corrected chi connectivity index (χ2v) is 6.57. The molecular formula is C13H19NO3S. The molecule has 0 aliphatic heterocycles. The van der Waals surface area contributed by atoms with Gasteiger partial charge in [-0.25, -0.2) is 13.6 Å². The lowest BCUT2D eigenvalue weighted by Gasteiger charge is -2.25. The molecule has 5 heteroatoms. The van der Waals surface area contributed by atoms with Crippen molar-refractivity contribution in [1.29, 1.82) is 0 Å². The molecule has 1 aliphatic carbocycles. The van der Waals surface area contributed by atoms with Gasteiger partial charge in [0.2, 0.25) is 10.0 Å². The molecule has 0 amide bonds. The maximum absolute atomic E-state index is 11.4. The first-order valence-corrected chi connectivity index (χ1v) is 7.69. The summed E-state index contributed by atoms with van der Waals surface area (Å²) in [5, 5.41) is 5.16. The Hall–Kier alpha value is -1.07. The first kappa shape index (κ1) is 13.4. The number of nitrogens with two attached hydrogens (primary N) is 1. The number of primary sulfonamides is 1.